The van der Waals surface area contributed by atoms with E-state index in [2.05, 4.69) is 15.9 Å². The molecule has 1 heterocycles. The van der Waals surface area contributed by atoms with Crippen molar-refractivity contribution in [1.82, 2.24) is 0 Å². The zero-order valence-corrected chi connectivity index (χ0v) is 20.5. The minimum atomic E-state index is -0.468. The molecule has 0 radical (unpaired) electrons. The first-order valence-electron chi connectivity index (χ1n) is 10.8. The summed E-state index contributed by atoms with van der Waals surface area (Å²) in [6.07, 6.45) is 3.78. The molecular formula is C27H25BrO6. The Kier molecular flexibility index (Phi) is 6.95. The quantitative estimate of drug-likeness (QED) is 0.369. The molecule has 176 valence electrons. The molecule has 3 aromatic rings. The van der Waals surface area contributed by atoms with Crippen molar-refractivity contribution in [2.45, 2.75) is 32.7 Å². The van der Waals surface area contributed by atoms with Crippen LogP contribution in [0.5, 0.6) is 23.0 Å². The number of halogens is 1. The van der Waals surface area contributed by atoms with Crippen molar-refractivity contribution in [2.24, 2.45) is 0 Å². The minimum absolute atomic E-state index is 0.0369. The van der Waals surface area contributed by atoms with Crippen LogP contribution in [0.4, 0.5) is 0 Å². The first-order chi connectivity index (χ1) is 16.3. The Labute approximate surface area is 206 Å². The number of hydrogen-bond donors (Lipinski definition) is 2. The minimum Gasteiger partial charge on any atom is -0.507 e. The van der Waals surface area contributed by atoms with E-state index in [0.29, 0.717) is 27.1 Å². The Balaban J connectivity index is 1.57. The average Bonchev–Trinajstić information content (AvgIpc) is 2.82. The number of phenols is 1. The van der Waals surface area contributed by atoms with Crippen molar-refractivity contribution < 1.29 is 29.2 Å². The van der Waals surface area contributed by atoms with Gasteiger partial charge in [0.25, 0.3) is 0 Å². The topological polar surface area (TPSA) is 85.2 Å². The molecule has 0 saturated carbocycles. The van der Waals surface area contributed by atoms with Crippen LogP contribution in [0, 0.1) is 0 Å². The van der Waals surface area contributed by atoms with Gasteiger partial charge in [-0.05, 0) is 65.7 Å². The standard InChI is InChI=1S/C27H25BrO6/c1-27(2)11-10-19-24(34-27)9-8-18(14-29)26(19)33-16-23(31)20-12-21(28)22(30)13-25(20)32-15-17-6-4-3-5-7-17/h3-13,29-30H,14-16H2,1-2H3. The van der Waals surface area contributed by atoms with Gasteiger partial charge in [0.15, 0.2) is 6.61 Å². The molecule has 34 heavy (non-hydrogen) atoms. The van der Waals surface area contributed by atoms with Crippen LogP contribution in [-0.4, -0.2) is 28.2 Å². The van der Waals surface area contributed by atoms with Crippen molar-refractivity contribution in [3.63, 3.8) is 0 Å². The number of aromatic hydroxyl groups is 1. The van der Waals surface area contributed by atoms with Crippen molar-refractivity contribution >= 4 is 27.8 Å². The highest BCUT2D eigenvalue weighted by atomic mass is 79.9. The smallest absolute Gasteiger partial charge is 0.203 e. The zero-order valence-electron chi connectivity index (χ0n) is 18.9. The monoisotopic (exact) mass is 524 g/mol. The highest BCUT2D eigenvalue weighted by molar-refractivity contribution is 9.10. The van der Waals surface area contributed by atoms with E-state index in [1.807, 2.05) is 56.3 Å². The molecule has 3 aromatic carbocycles. The number of ether oxygens (including phenoxy) is 3. The predicted molar refractivity (Wildman–Crippen MR) is 133 cm³/mol. The second-order valence-electron chi connectivity index (χ2n) is 8.45. The lowest BCUT2D eigenvalue weighted by Crippen LogP contribution is -2.27. The van der Waals surface area contributed by atoms with Gasteiger partial charge < -0.3 is 24.4 Å². The van der Waals surface area contributed by atoms with Gasteiger partial charge in [-0.2, -0.15) is 0 Å². The molecule has 0 fully saturated rings. The number of phenolic OH excluding ortho intramolecular Hbond substituents is 1. The summed E-state index contributed by atoms with van der Waals surface area (Å²) >= 11 is 3.27. The summed E-state index contributed by atoms with van der Waals surface area (Å²) in [5.41, 5.74) is 1.95. The molecule has 4 rings (SSSR count). The fourth-order valence-corrected chi connectivity index (χ4v) is 3.94. The van der Waals surface area contributed by atoms with E-state index < -0.39 is 5.60 Å². The van der Waals surface area contributed by atoms with Gasteiger partial charge in [0.05, 0.1) is 22.2 Å². The number of Topliss-reactive ketones (excluding diaryl/α,β-unsaturated/α-hetero) is 1. The fourth-order valence-electron chi connectivity index (χ4n) is 3.60. The highest BCUT2D eigenvalue weighted by Gasteiger charge is 2.26. The van der Waals surface area contributed by atoms with Gasteiger partial charge in [-0.15, -0.1) is 0 Å². The van der Waals surface area contributed by atoms with Crippen LogP contribution in [0.2, 0.25) is 0 Å². The molecule has 0 saturated heterocycles. The van der Waals surface area contributed by atoms with Crippen molar-refractivity contribution in [3.05, 3.63) is 87.4 Å². The van der Waals surface area contributed by atoms with Crippen LogP contribution in [0.25, 0.3) is 6.08 Å². The van der Waals surface area contributed by atoms with Gasteiger partial charge in [0.2, 0.25) is 5.78 Å². The number of aliphatic hydroxyl groups is 1. The number of benzene rings is 3. The lowest BCUT2D eigenvalue weighted by Gasteiger charge is -2.29. The molecule has 0 unspecified atom stereocenters. The van der Waals surface area contributed by atoms with E-state index in [0.717, 1.165) is 5.56 Å². The van der Waals surface area contributed by atoms with Crippen LogP contribution < -0.4 is 14.2 Å². The van der Waals surface area contributed by atoms with Crippen molar-refractivity contribution in [3.8, 4) is 23.0 Å². The summed E-state index contributed by atoms with van der Waals surface area (Å²) in [5, 5.41) is 19.9. The maximum absolute atomic E-state index is 13.2. The van der Waals surface area contributed by atoms with E-state index in [4.69, 9.17) is 14.2 Å². The summed E-state index contributed by atoms with van der Waals surface area (Å²) in [6, 6.07) is 16.0. The number of carbonyl (C=O) groups excluding carboxylic acids is 1. The number of hydrogen-bond acceptors (Lipinski definition) is 6. The Morgan fingerprint density at radius 1 is 1.09 bits per heavy atom. The molecule has 0 bridgehead atoms. The van der Waals surface area contributed by atoms with Gasteiger partial charge in [0.1, 0.15) is 35.2 Å². The largest absolute Gasteiger partial charge is 0.507 e. The van der Waals surface area contributed by atoms with Crippen molar-refractivity contribution in [2.75, 3.05) is 6.61 Å². The molecule has 0 aromatic heterocycles. The summed E-state index contributed by atoms with van der Waals surface area (Å²) in [6.45, 7) is 3.58. The number of rotatable bonds is 8. The van der Waals surface area contributed by atoms with Gasteiger partial charge in [0, 0.05) is 11.6 Å². The Bertz CT molecular complexity index is 1230. The Morgan fingerprint density at radius 3 is 2.59 bits per heavy atom. The fraction of sp³-hybridized carbons (Fsp3) is 0.222. The highest BCUT2D eigenvalue weighted by Crippen LogP contribution is 2.39. The number of carbonyl (C=O) groups is 1. The zero-order chi connectivity index (χ0) is 24.3. The summed E-state index contributed by atoms with van der Waals surface area (Å²) in [5.74, 6) is 0.883. The first kappa shape index (κ1) is 23.9. The third-order valence-electron chi connectivity index (χ3n) is 5.37. The van der Waals surface area contributed by atoms with Crippen molar-refractivity contribution in [1.29, 1.82) is 0 Å². The maximum atomic E-state index is 13.2. The number of fused-ring (bicyclic) bond motifs is 1. The lowest BCUT2D eigenvalue weighted by molar-refractivity contribution is 0.0913. The maximum Gasteiger partial charge on any atom is 0.203 e. The van der Waals surface area contributed by atoms with Gasteiger partial charge in [-0.25, -0.2) is 0 Å². The van der Waals surface area contributed by atoms with Crippen LogP contribution in [-0.2, 0) is 13.2 Å². The summed E-state index contributed by atoms with van der Waals surface area (Å²) in [4.78, 5) is 13.2. The Hall–Kier alpha value is -3.29. The van der Waals surface area contributed by atoms with Crippen LogP contribution in [0.1, 0.15) is 40.9 Å². The molecule has 7 heteroatoms. The second-order valence-corrected chi connectivity index (χ2v) is 9.30. The second kappa shape index (κ2) is 9.91. The van der Waals surface area contributed by atoms with Crippen LogP contribution in [0.15, 0.2) is 65.1 Å². The molecule has 0 aliphatic carbocycles. The number of ketones is 1. The van der Waals surface area contributed by atoms with E-state index in [9.17, 15) is 15.0 Å². The van der Waals surface area contributed by atoms with E-state index >= 15 is 0 Å². The van der Waals surface area contributed by atoms with E-state index in [-0.39, 0.29) is 42.7 Å². The molecule has 2 N–H and O–H groups in total. The molecule has 0 spiro atoms. The normalized spacial score (nSPS) is 13.6. The van der Waals surface area contributed by atoms with Crippen LogP contribution in [0.3, 0.4) is 0 Å². The molecule has 0 amide bonds. The summed E-state index contributed by atoms with van der Waals surface area (Å²) in [7, 11) is 0. The molecule has 0 atom stereocenters. The predicted octanol–water partition coefficient (Wildman–Crippen LogP) is 5.67. The average molecular weight is 525 g/mol. The molecular weight excluding hydrogens is 500 g/mol. The molecule has 1 aliphatic rings. The SMILES string of the molecule is CC1(C)C=Cc2c(ccc(CO)c2OCC(=O)c2cc(Br)c(O)cc2OCc2ccccc2)O1. The van der Waals surface area contributed by atoms with E-state index in [1.165, 1.54) is 12.1 Å². The lowest BCUT2D eigenvalue weighted by atomic mass is 9.99. The van der Waals surface area contributed by atoms with Gasteiger partial charge >= 0.3 is 0 Å². The third-order valence-corrected chi connectivity index (χ3v) is 6.00. The van der Waals surface area contributed by atoms with Gasteiger partial charge in [-0.3, -0.25) is 4.79 Å². The molecule has 6 nitrogen and oxygen atoms in total. The van der Waals surface area contributed by atoms with Crippen LogP contribution >= 0.6 is 15.9 Å². The summed E-state index contributed by atoms with van der Waals surface area (Å²) < 4.78 is 18.1. The van der Waals surface area contributed by atoms with E-state index in [1.54, 1.807) is 12.1 Å². The van der Waals surface area contributed by atoms with Gasteiger partial charge in [-0.1, -0.05) is 30.3 Å². The molecule has 1 aliphatic heterocycles. The Morgan fingerprint density at radius 2 is 1.85 bits per heavy atom. The third kappa shape index (κ3) is 5.26. The first-order valence-corrected chi connectivity index (χ1v) is 11.6. The number of aliphatic hydroxyl groups excluding tert-OH is 1.